The van der Waals surface area contributed by atoms with Crippen LogP contribution in [0.3, 0.4) is 0 Å². The van der Waals surface area contributed by atoms with Gasteiger partial charge in [0.1, 0.15) is 5.75 Å². The van der Waals surface area contributed by atoms with Gasteiger partial charge >= 0.3 is 12.1 Å². The number of carboxylic acids is 1. The van der Waals surface area contributed by atoms with E-state index in [9.17, 15) is 14.7 Å². The molecule has 0 saturated carbocycles. The van der Waals surface area contributed by atoms with E-state index in [1.54, 1.807) is 13.0 Å². The molecule has 0 amide bonds. The molecule has 1 aromatic rings. The van der Waals surface area contributed by atoms with Gasteiger partial charge < -0.3 is 14.6 Å². The number of benzene rings is 1. The van der Waals surface area contributed by atoms with Crippen LogP contribution in [0.15, 0.2) is 12.1 Å². The number of carbonyl (C=O) groups excluding carboxylic acids is 1. The largest absolute Gasteiger partial charge is 0.513 e. The summed E-state index contributed by atoms with van der Waals surface area (Å²) in [5, 5.41) is 9.24. The van der Waals surface area contributed by atoms with Crippen LogP contribution in [0.2, 0.25) is 0 Å². The lowest BCUT2D eigenvalue weighted by Gasteiger charge is -2.28. The van der Waals surface area contributed by atoms with Gasteiger partial charge in [0.05, 0.1) is 13.0 Å². The van der Waals surface area contributed by atoms with Crippen molar-refractivity contribution in [3.8, 4) is 5.75 Å². The Morgan fingerprint density at radius 3 is 2.04 bits per heavy atom. The van der Waals surface area contributed by atoms with Crippen LogP contribution in [0, 0.1) is 0 Å². The van der Waals surface area contributed by atoms with Crippen molar-refractivity contribution >= 4 is 12.1 Å². The molecule has 1 rings (SSSR count). The summed E-state index contributed by atoms with van der Waals surface area (Å²) in [5.41, 5.74) is 1.79. The van der Waals surface area contributed by atoms with Gasteiger partial charge in [-0.15, -0.1) is 0 Å². The standard InChI is InChI=1S/C19H28O5/c1-8-23-17(22)24-16-12(10-15(20)21)9-13(18(2,3)4)11-14(16)19(5,6)7/h9,11H,8,10H2,1-7H3,(H,20,21). The van der Waals surface area contributed by atoms with Crippen LogP contribution < -0.4 is 4.74 Å². The van der Waals surface area contributed by atoms with Gasteiger partial charge in [-0.1, -0.05) is 53.7 Å². The number of aliphatic carboxylic acids is 1. The molecule has 0 spiro atoms. The molecule has 0 aliphatic heterocycles. The van der Waals surface area contributed by atoms with Gasteiger partial charge in [-0.25, -0.2) is 4.79 Å². The van der Waals surface area contributed by atoms with Crippen molar-refractivity contribution in [3.63, 3.8) is 0 Å². The molecule has 0 unspecified atom stereocenters. The number of hydrogen-bond acceptors (Lipinski definition) is 4. The maximum absolute atomic E-state index is 11.8. The van der Waals surface area contributed by atoms with E-state index in [4.69, 9.17) is 9.47 Å². The molecular weight excluding hydrogens is 308 g/mol. The average molecular weight is 336 g/mol. The second-order valence-electron chi connectivity index (χ2n) is 7.87. The normalized spacial score (nSPS) is 12.0. The summed E-state index contributed by atoms with van der Waals surface area (Å²) in [6.07, 6.45) is -1.04. The second kappa shape index (κ2) is 7.24. The Kier molecular flexibility index (Phi) is 6.04. The fraction of sp³-hybridized carbons (Fsp3) is 0.579. The minimum absolute atomic E-state index is 0.157. The van der Waals surface area contributed by atoms with Gasteiger partial charge in [0.25, 0.3) is 0 Å². The first kappa shape index (κ1) is 20.0. The quantitative estimate of drug-likeness (QED) is 0.650. The molecule has 0 atom stereocenters. The van der Waals surface area contributed by atoms with E-state index in [1.807, 2.05) is 26.8 Å². The maximum atomic E-state index is 11.8. The lowest BCUT2D eigenvalue weighted by molar-refractivity contribution is -0.136. The first-order chi connectivity index (χ1) is 10.9. The molecule has 1 N–H and O–H groups in total. The van der Waals surface area contributed by atoms with E-state index in [0.717, 1.165) is 11.1 Å². The van der Waals surface area contributed by atoms with Crippen molar-refractivity contribution in [2.45, 2.75) is 65.7 Å². The summed E-state index contributed by atoms with van der Waals surface area (Å²) in [6.45, 7) is 14.1. The Bertz CT molecular complexity index is 618. The Morgan fingerprint density at radius 2 is 1.62 bits per heavy atom. The minimum Gasteiger partial charge on any atom is -0.481 e. The van der Waals surface area contributed by atoms with E-state index in [1.165, 1.54) is 0 Å². The van der Waals surface area contributed by atoms with Crippen molar-refractivity contribution < 1.29 is 24.2 Å². The molecule has 0 bridgehead atoms. The first-order valence-electron chi connectivity index (χ1n) is 8.10. The lowest BCUT2D eigenvalue weighted by Crippen LogP contribution is -2.22. The van der Waals surface area contributed by atoms with Crippen LogP contribution in [-0.2, 0) is 26.8 Å². The van der Waals surface area contributed by atoms with E-state index in [-0.39, 0.29) is 29.6 Å². The molecule has 0 fully saturated rings. The van der Waals surface area contributed by atoms with Crippen LogP contribution in [0.1, 0.15) is 65.2 Å². The van der Waals surface area contributed by atoms with Gasteiger partial charge in [0.2, 0.25) is 0 Å². The molecule has 0 aromatic heterocycles. The molecule has 5 nitrogen and oxygen atoms in total. The summed E-state index contributed by atoms with van der Waals surface area (Å²) in [5.74, 6) is -0.689. The summed E-state index contributed by atoms with van der Waals surface area (Å²) in [6, 6.07) is 3.79. The van der Waals surface area contributed by atoms with Crippen molar-refractivity contribution in [2.24, 2.45) is 0 Å². The van der Waals surface area contributed by atoms with Crippen molar-refractivity contribution in [1.29, 1.82) is 0 Å². The monoisotopic (exact) mass is 336 g/mol. The third-order valence-corrected chi connectivity index (χ3v) is 3.63. The van der Waals surface area contributed by atoms with Gasteiger partial charge in [0, 0.05) is 11.1 Å². The number of rotatable bonds is 4. The number of ether oxygens (including phenoxy) is 2. The Morgan fingerprint density at radius 1 is 1.04 bits per heavy atom. The van der Waals surface area contributed by atoms with Crippen LogP contribution in [0.5, 0.6) is 5.75 Å². The Labute approximate surface area is 144 Å². The topological polar surface area (TPSA) is 72.8 Å². The number of carboxylic acid groups (broad SMARTS) is 1. The van der Waals surface area contributed by atoms with E-state index < -0.39 is 12.1 Å². The molecule has 0 aliphatic carbocycles. The zero-order valence-corrected chi connectivity index (χ0v) is 15.6. The van der Waals surface area contributed by atoms with Crippen molar-refractivity contribution in [3.05, 3.63) is 28.8 Å². The molecule has 0 saturated heterocycles. The van der Waals surface area contributed by atoms with E-state index in [2.05, 4.69) is 20.8 Å². The molecule has 24 heavy (non-hydrogen) atoms. The molecule has 0 heterocycles. The predicted octanol–water partition coefficient (Wildman–Crippen LogP) is 4.44. The van der Waals surface area contributed by atoms with Crippen LogP contribution in [0.25, 0.3) is 0 Å². The summed E-state index contributed by atoms with van der Waals surface area (Å²) in [7, 11) is 0. The highest BCUT2D eigenvalue weighted by Gasteiger charge is 2.28. The first-order valence-corrected chi connectivity index (χ1v) is 8.10. The Balaban J connectivity index is 3.60. The number of hydrogen-bond donors (Lipinski definition) is 1. The molecule has 0 aliphatic rings. The third-order valence-electron chi connectivity index (χ3n) is 3.63. The van der Waals surface area contributed by atoms with Gasteiger partial charge in [-0.3, -0.25) is 4.79 Å². The third kappa shape index (κ3) is 5.25. The average Bonchev–Trinajstić information content (AvgIpc) is 2.37. The highest BCUT2D eigenvalue weighted by atomic mass is 16.7. The molecular formula is C19H28O5. The number of carbonyl (C=O) groups is 2. The van der Waals surface area contributed by atoms with Crippen molar-refractivity contribution in [1.82, 2.24) is 0 Å². The highest BCUT2D eigenvalue weighted by molar-refractivity contribution is 5.74. The summed E-state index contributed by atoms with van der Waals surface area (Å²) in [4.78, 5) is 23.1. The fourth-order valence-electron chi connectivity index (χ4n) is 2.32. The van der Waals surface area contributed by atoms with Gasteiger partial charge in [0.15, 0.2) is 0 Å². The summed E-state index contributed by atoms with van der Waals surface area (Å²) >= 11 is 0. The smallest absolute Gasteiger partial charge is 0.481 e. The SMILES string of the molecule is CCOC(=O)Oc1c(CC(=O)O)cc(C(C)(C)C)cc1C(C)(C)C. The molecule has 134 valence electrons. The Hall–Kier alpha value is -2.04. The van der Waals surface area contributed by atoms with Crippen molar-refractivity contribution in [2.75, 3.05) is 6.61 Å². The lowest BCUT2D eigenvalue weighted by atomic mass is 9.78. The van der Waals surface area contributed by atoms with E-state index >= 15 is 0 Å². The van der Waals surface area contributed by atoms with E-state index in [0.29, 0.717) is 5.56 Å². The second-order valence-corrected chi connectivity index (χ2v) is 7.87. The van der Waals surface area contributed by atoms with Crippen LogP contribution in [0.4, 0.5) is 4.79 Å². The van der Waals surface area contributed by atoms with Crippen LogP contribution >= 0.6 is 0 Å². The highest BCUT2D eigenvalue weighted by Crippen LogP contribution is 2.39. The fourth-order valence-corrected chi connectivity index (χ4v) is 2.32. The predicted molar refractivity (Wildman–Crippen MR) is 92.8 cm³/mol. The van der Waals surface area contributed by atoms with Gasteiger partial charge in [-0.2, -0.15) is 0 Å². The zero-order valence-electron chi connectivity index (χ0n) is 15.6. The maximum Gasteiger partial charge on any atom is 0.513 e. The van der Waals surface area contributed by atoms with Gasteiger partial charge in [-0.05, 0) is 23.3 Å². The molecule has 0 radical (unpaired) electrons. The molecule has 1 aromatic carbocycles. The van der Waals surface area contributed by atoms with Crippen LogP contribution in [-0.4, -0.2) is 23.8 Å². The zero-order chi connectivity index (χ0) is 18.7. The molecule has 5 heteroatoms. The summed E-state index contributed by atoms with van der Waals surface area (Å²) < 4.78 is 10.3. The minimum atomic E-state index is -0.977.